The Morgan fingerprint density at radius 1 is 0.824 bits per heavy atom. The normalized spacial score (nSPS) is 21.4. The average molecular weight is 242 g/mol. The molecule has 0 aromatic heterocycles. The second kappa shape index (κ2) is 6.78. The first-order valence-electron chi connectivity index (χ1n) is 7.32. The van der Waals surface area contributed by atoms with Crippen LogP contribution in [0.25, 0.3) is 0 Å². The van der Waals surface area contributed by atoms with E-state index in [0.29, 0.717) is 29.6 Å². The van der Waals surface area contributed by atoms with E-state index in [-0.39, 0.29) is 5.60 Å². The Hall–Kier alpha value is -0.0400. The first kappa shape index (κ1) is 17.0. The molecular weight excluding hydrogens is 208 g/mol. The zero-order valence-electron chi connectivity index (χ0n) is 13.5. The molecular formula is C16H34O. The van der Waals surface area contributed by atoms with E-state index >= 15 is 0 Å². The second-order valence-electron chi connectivity index (χ2n) is 6.54. The topological polar surface area (TPSA) is 9.23 Å². The maximum absolute atomic E-state index is 6.19. The Morgan fingerprint density at radius 3 is 1.59 bits per heavy atom. The summed E-state index contributed by atoms with van der Waals surface area (Å²) in [6.07, 6.45) is 0. The highest BCUT2D eigenvalue weighted by atomic mass is 16.5. The summed E-state index contributed by atoms with van der Waals surface area (Å²) in [5.74, 6) is 3.23. The van der Waals surface area contributed by atoms with E-state index in [1.807, 2.05) is 0 Å². The van der Waals surface area contributed by atoms with Crippen LogP contribution in [0.4, 0.5) is 0 Å². The Balaban J connectivity index is 5.05. The van der Waals surface area contributed by atoms with Gasteiger partial charge in [0.2, 0.25) is 0 Å². The maximum Gasteiger partial charge on any atom is 0.0710 e. The minimum atomic E-state index is -0.00734. The minimum Gasteiger partial charge on any atom is -0.375 e. The van der Waals surface area contributed by atoms with Crippen molar-refractivity contribution in [1.29, 1.82) is 0 Å². The van der Waals surface area contributed by atoms with Crippen molar-refractivity contribution in [2.75, 3.05) is 6.61 Å². The Labute approximate surface area is 109 Å². The number of ether oxygens (including phenoxy) is 1. The summed E-state index contributed by atoms with van der Waals surface area (Å²) in [6, 6.07) is 0. The van der Waals surface area contributed by atoms with Crippen molar-refractivity contribution < 1.29 is 4.74 Å². The van der Waals surface area contributed by atoms with E-state index in [1.165, 1.54) is 0 Å². The summed E-state index contributed by atoms with van der Waals surface area (Å²) in [4.78, 5) is 0. The number of rotatable bonds is 7. The molecule has 0 N–H and O–H groups in total. The Bertz CT molecular complexity index is 210. The number of hydrogen-bond donors (Lipinski definition) is 0. The van der Waals surface area contributed by atoms with E-state index in [2.05, 4.69) is 62.3 Å². The third kappa shape index (κ3) is 3.98. The molecule has 0 saturated carbocycles. The quantitative estimate of drug-likeness (QED) is 0.610. The maximum atomic E-state index is 6.19. The lowest BCUT2D eigenvalue weighted by Gasteiger charge is -2.45. The predicted molar refractivity (Wildman–Crippen MR) is 77.2 cm³/mol. The van der Waals surface area contributed by atoms with Gasteiger partial charge in [-0.3, -0.25) is 0 Å². The molecule has 0 aliphatic carbocycles. The summed E-state index contributed by atoms with van der Waals surface area (Å²) in [7, 11) is 0. The van der Waals surface area contributed by atoms with Crippen LogP contribution >= 0.6 is 0 Å². The average Bonchev–Trinajstić information content (AvgIpc) is 2.25. The molecule has 0 aliphatic heterocycles. The fourth-order valence-electron chi connectivity index (χ4n) is 2.75. The molecule has 0 aromatic rings. The molecule has 4 atom stereocenters. The van der Waals surface area contributed by atoms with Crippen molar-refractivity contribution in [2.24, 2.45) is 29.6 Å². The zero-order chi connectivity index (χ0) is 13.8. The van der Waals surface area contributed by atoms with Crippen molar-refractivity contribution in [1.82, 2.24) is 0 Å². The van der Waals surface area contributed by atoms with Crippen LogP contribution < -0.4 is 0 Å². The molecule has 0 spiro atoms. The Kier molecular flexibility index (Phi) is 6.76. The zero-order valence-corrected chi connectivity index (χ0v) is 13.5. The molecule has 0 saturated heterocycles. The fraction of sp³-hybridized carbons (Fsp3) is 1.00. The molecule has 0 aliphatic rings. The van der Waals surface area contributed by atoms with Gasteiger partial charge in [0.25, 0.3) is 0 Å². The third-order valence-electron chi connectivity index (χ3n) is 5.10. The molecule has 0 radical (unpaired) electrons. The molecule has 104 valence electrons. The van der Waals surface area contributed by atoms with Gasteiger partial charge in [-0.15, -0.1) is 0 Å². The van der Waals surface area contributed by atoms with E-state index in [1.54, 1.807) is 0 Å². The lowest BCUT2D eigenvalue weighted by molar-refractivity contribution is -0.128. The van der Waals surface area contributed by atoms with Gasteiger partial charge in [-0.05, 0) is 43.4 Å². The van der Waals surface area contributed by atoms with Gasteiger partial charge in [-0.25, -0.2) is 0 Å². The van der Waals surface area contributed by atoms with E-state index in [0.717, 1.165) is 6.61 Å². The van der Waals surface area contributed by atoms with Gasteiger partial charge in [0.15, 0.2) is 0 Å². The molecule has 0 aromatic carbocycles. The Morgan fingerprint density at radius 2 is 1.29 bits per heavy atom. The molecule has 17 heavy (non-hydrogen) atoms. The van der Waals surface area contributed by atoms with E-state index in [4.69, 9.17) is 4.74 Å². The van der Waals surface area contributed by atoms with Crippen molar-refractivity contribution in [2.45, 2.75) is 67.9 Å². The van der Waals surface area contributed by atoms with Crippen LogP contribution in [0, 0.1) is 29.6 Å². The smallest absolute Gasteiger partial charge is 0.0710 e. The molecule has 1 heteroatoms. The first-order chi connectivity index (χ1) is 7.68. The van der Waals surface area contributed by atoms with Crippen LogP contribution in [0.3, 0.4) is 0 Å². The van der Waals surface area contributed by atoms with Crippen molar-refractivity contribution in [3.63, 3.8) is 0 Å². The van der Waals surface area contributed by atoms with Gasteiger partial charge in [0, 0.05) is 6.61 Å². The molecule has 0 bridgehead atoms. The van der Waals surface area contributed by atoms with Gasteiger partial charge in [0.05, 0.1) is 5.60 Å². The lowest BCUT2D eigenvalue weighted by Crippen LogP contribution is -2.48. The van der Waals surface area contributed by atoms with Gasteiger partial charge >= 0.3 is 0 Å². The van der Waals surface area contributed by atoms with Gasteiger partial charge in [0.1, 0.15) is 0 Å². The van der Waals surface area contributed by atoms with Crippen molar-refractivity contribution in [3.05, 3.63) is 0 Å². The van der Waals surface area contributed by atoms with Crippen LogP contribution in [0.2, 0.25) is 0 Å². The summed E-state index contributed by atoms with van der Waals surface area (Å²) >= 11 is 0. The highest BCUT2D eigenvalue weighted by molar-refractivity contribution is 4.91. The highest BCUT2D eigenvalue weighted by Crippen LogP contribution is 2.40. The summed E-state index contributed by atoms with van der Waals surface area (Å²) in [5, 5.41) is 0. The van der Waals surface area contributed by atoms with E-state index < -0.39 is 0 Å². The second-order valence-corrected chi connectivity index (χ2v) is 6.54. The fourth-order valence-corrected chi connectivity index (χ4v) is 2.75. The first-order valence-corrected chi connectivity index (χ1v) is 7.32. The van der Waals surface area contributed by atoms with Crippen LogP contribution in [-0.4, -0.2) is 12.2 Å². The van der Waals surface area contributed by atoms with Crippen molar-refractivity contribution in [3.8, 4) is 0 Å². The van der Waals surface area contributed by atoms with Gasteiger partial charge < -0.3 is 4.74 Å². The summed E-state index contributed by atoms with van der Waals surface area (Å²) in [6.45, 7) is 21.5. The minimum absolute atomic E-state index is 0.00734. The van der Waals surface area contributed by atoms with Crippen molar-refractivity contribution >= 4 is 0 Å². The molecule has 0 heterocycles. The van der Waals surface area contributed by atoms with Crippen LogP contribution in [0.5, 0.6) is 0 Å². The van der Waals surface area contributed by atoms with Gasteiger partial charge in [-0.2, -0.15) is 0 Å². The van der Waals surface area contributed by atoms with E-state index in [9.17, 15) is 0 Å². The molecule has 0 fully saturated rings. The highest BCUT2D eigenvalue weighted by Gasteiger charge is 2.41. The SMILES string of the molecule is CCOC(C)(C(C)C(C)C)C(C)C(C)C(C)C. The predicted octanol–water partition coefficient (Wildman–Crippen LogP) is 5.00. The molecule has 4 unspecified atom stereocenters. The molecule has 0 amide bonds. The van der Waals surface area contributed by atoms with Crippen LogP contribution in [0.1, 0.15) is 62.3 Å². The number of hydrogen-bond acceptors (Lipinski definition) is 1. The van der Waals surface area contributed by atoms with Crippen LogP contribution in [0.15, 0.2) is 0 Å². The molecule has 1 nitrogen and oxygen atoms in total. The summed E-state index contributed by atoms with van der Waals surface area (Å²) < 4.78 is 6.19. The lowest BCUT2D eigenvalue weighted by atomic mass is 9.68. The standard InChI is InChI=1S/C16H34O/c1-10-17-16(9,14(7)12(4)5)15(8)13(6)11(2)3/h11-15H,10H2,1-9H3. The van der Waals surface area contributed by atoms with Gasteiger partial charge in [-0.1, -0.05) is 48.5 Å². The molecule has 0 rings (SSSR count). The third-order valence-corrected chi connectivity index (χ3v) is 5.10. The summed E-state index contributed by atoms with van der Waals surface area (Å²) in [5.41, 5.74) is -0.00734. The largest absolute Gasteiger partial charge is 0.375 e. The monoisotopic (exact) mass is 242 g/mol. The van der Waals surface area contributed by atoms with Crippen LogP contribution in [-0.2, 0) is 4.74 Å².